The molecule has 0 aliphatic heterocycles. The van der Waals surface area contributed by atoms with Crippen LogP contribution in [0.25, 0.3) is 0 Å². The van der Waals surface area contributed by atoms with Crippen molar-refractivity contribution in [3.8, 4) is 0 Å². The number of nitro groups is 2. The first-order chi connectivity index (χ1) is 12.8. The summed E-state index contributed by atoms with van der Waals surface area (Å²) in [6, 6.07) is 5.49. The van der Waals surface area contributed by atoms with Crippen LogP contribution in [0.4, 0.5) is 11.4 Å². The minimum atomic E-state index is -4.81. The van der Waals surface area contributed by atoms with Gasteiger partial charge in [0.2, 0.25) is 0 Å². The van der Waals surface area contributed by atoms with Gasteiger partial charge in [0.1, 0.15) is 9.79 Å². The maximum absolute atomic E-state index is 11.5. The minimum Gasteiger partial charge on any atom is -0.282 e. The first-order valence-corrected chi connectivity index (χ1v) is 10.2. The summed E-state index contributed by atoms with van der Waals surface area (Å²) in [5.74, 6) is 0. The Labute approximate surface area is 186 Å². The normalized spacial score (nSPS) is 11.5. The first-order valence-electron chi connectivity index (χ1n) is 7.30. The number of nitro benzene ring substituents is 2. The fraction of sp³-hybridized carbons (Fsp3) is 0.143. The number of benzene rings is 2. The van der Waals surface area contributed by atoms with E-state index in [1.807, 2.05) is 0 Å². The quantitative estimate of drug-likeness (QED) is 0.221. The smallest absolute Gasteiger partial charge is 0.282 e. The van der Waals surface area contributed by atoms with Gasteiger partial charge in [0.15, 0.2) is 0 Å². The molecule has 2 aromatic rings. The number of rotatable bonds is 7. The van der Waals surface area contributed by atoms with Crippen LogP contribution < -0.4 is 29.6 Å². The molecule has 0 saturated heterocycles. The van der Waals surface area contributed by atoms with Crippen molar-refractivity contribution in [2.45, 2.75) is 22.6 Å². The van der Waals surface area contributed by atoms with Crippen molar-refractivity contribution < 1.29 is 65.3 Å². The Hall–Kier alpha value is -1.94. The molecule has 2 aromatic carbocycles. The molecular formula is C14H12N2NaO10S2+. The largest absolute Gasteiger partial charge is 1.00 e. The zero-order valence-electron chi connectivity index (χ0n) is 14.7. The van der Waals surface area contributed by atoms with Gasteiger partial charge in [0.05, 0.1) is 9.85 Å². The summed E-state index contributed by atoms with van der Waals surface area (Å²) in [6.45, 7) is 0. The number of hydrogen-bond donors (Lipinski definition) is 2. The number of nitrogens with zero attached hydrogens (tertiary/aromatic N) is 2. The number of hydrogen-bond acceptors (Lipinski definition) is 8. The molecule has 0 aliphatic carbocycles. The third-order valence-corrected chi connectivity index (χ3v) is 5.61. The van der Waals surface area contributed by atoms with Crippen molar-refractivity contribution in [2.75, 3.05) is 0 Å². The average Bonchev–Trinajstić information content (AvgIpc) is 2.57. The molecule has 0 bridgehead atoms. The Kier molecular flexibility index (Phi) is 8.01. The molecule has 0 aliphatic rings. The Morgan fingerprint density at radius 1 is 0.724 bits per heavy atom. The molecule has 29 heavy (non-hydrogen) atoms. The average molecular weight is 455 g/mol. The Balaban J connectivity index is 0.00000420. The van der Waals surface area contributed by atoms with E-state index in [4.69, 9.17) is 0 Å². The van der Waals surface area contributed by atoms with Gasteiger partial charge in [-0.15, -0.1) is 0 Å². The van der Waals surface area contributed by atoms with Crippen LogP contribution in [0.2, 0.25) is 0 Å². The molecule has 15 heteroatoms. The summed E-state index contributed by atoms with van der Waals surface area (Å²) in [6.07, 6.45) is -0.402. The van der Waals surface area contributed by atoms with Crippen molar-refractivity contribution in [3.05, 3.63) is 67.8 Å². The van der Waals surface area contributed by atoms with E-state index in [2.05, 4.69) is 0 Å². The van der Waals surface area contributed by atoms with Gasteiger partial charge < -0.3 is 0 Å². The van der Waals surface area contributed by atoms with E-state index < -0.39 is 51.2 Å². The fourth-order valence-electron chi connectivity index (χ4n) is 2.48. The van der Waals surface area contributed by atoms with E-state index in [1.165, 1.54) is 0 Å². The van der Waals surface area contributed by atoms with Crippen molar-refractivity contribution in [1.29, 1.82) is 0 Å². The van der Waals surface area contributed by atoms with Gasteiger partial charge in [0.25, 0.3) is 31.6 Å². The van der Waals surface area contributed by atoms with Crippen LogP contribution in [0, 0.1) is 20.2 Å². The second kappa shape index (κ2) is 9.25. The van der Waals surface area contributed by atoms with E-state index in [-0.39, 0.29) is 53.5 Å². The van der Waals surface area contributed by atoms with E-state index in [1.54, 1.807) is 0 Å². The molecule has 150 valence electrons. The molecule has 2 N–H and O–H groups in total. The van der Waals surface area contributed by atoms with Gasteiger partial charge >= 0.3 is 29.6 Å². The SMILES string of the molecule is O=[N+]([O-])c1ccc(CCc2ccc([N+](=O)[O-])cc2S(=O)(=O)O)c(S(=O)(=O)O)c1.[Na+]. The van der Waals surface area contributed by atoms with Gasteiger partial charge in [-0.05, 0) is 24.0 Å². The van der Waals surface area contributed by atoms with Crippen LogP contribution in [-0.4, -0.2) is 35.8 Å². The van der Waals surface area contributed by atoms with Crippen molar-refractivity contribution in [3.63, 3.8) is 0 Å². The minimum absolute atomic E-state index is 0. The van der Waals surface area contributed by atoms with Gasteiger partial charge in [-0.2, -0.15) is 16.8 Å². The molecule has 0 amide bonds. The number of non-ortho nitro benzene ring substituents is 2. The topological polar surface area (TPSA) is 195 Å². The number of aryl methyl sites for hydroxylation is 2. The molecule has 0 atom stereocenters. The summed E-state index contributed by atoms with van der Waals surface area (Å²) in [5.41, 5.74) is -1.25. The zero-order chi connectivity index (χ0) is 21.3. The fourth-order valence-corrected chi connectivity index (χ4v) is 4.02. The molecule has 12 nitrogen and oxygen atoms in total. The Morgan fingerprint density at radius 2 is 1.03 bits per heavy atom. The Morgan fingerprint density at radius 3 is 1.28 bits per heavy atom. The molecule has 0 saturated carbocycles. The molecule has 0 spiro atoms. The first kappa shape index (κ1) is 25.1. The van der Waals surface area contributed by atoms with E-state index in [0.29, 0.717) is 12.1 Å². The molecule has 0 aromatic heterocycles. The molecule has 0 heterocycles. The third kappa shape index (κ3) is 6.27. The monoisotopic (exact) mass is 455 g/mol. The van der Waals surface area contributed by atoms with E-state index >= 15 is 0 Å². The van der Waals surface area contributed by atoms with Crippen LogP contribution in [0.15, 0.2) is 46.2 Å². The van der Waals surface area contributed by atoms with Gasteiger partial charge in [-0.3, -0.25) is 29.3 Å². The van der Waals surface area contributed by atoms with Crippen LogP contribution in [0.3, 0.4) is 0 Å². The summed E-state index contributed by atoms with van der Waals surface area (Å²) in [4.78, 5) is 18.4. The molecule has 0 radical (unpaired) electrons. The van der Waals surface area contributed by atoms with E-state index in [9.17, 15) is 46.2 Å². The maximum Gasteiger partial charge on any atom is 1.00 e. The molecule has 2 rings (SSSR count). The predicted octanol–water partition coefficient (Wildman–Crippen LogP) is -1.21. The van der Waals surface area contributed by atoms with Crippen LogP contribution >= 0.6 is 0 Å². The van der Waals surface area contributed by atoms with Crippen molar-refractivity contribution >= 4 is 31.6 Å². The summed E-state index contributed by atoms with van der Waals surface area (Å²) < 4.78 is 64.6. The molecule has 0 unspecified atom stereocenters. The predicted molar refractivity (Wildman–Crippen MR) is 93.2 cm³/mol. The van der Waals surface area contributed by atoms with Gasteiger partial charge in [-0.25, -0.2) is 0 Å². The summed E-state index contributed by atoms with van der Waals surface area (Å²) in [7, 11) is -9.62. The second-order valence-electron chi connectivity index (χ2n) is 5.55. The Bertz CT molecular complexity index is 1090. The van der Waals surface area contributed by atoms with Gasteiger partial charge in [0, 0.05) is 24.3 Å². The maximum atomic E-state index is 11.5. The van der Waals surface area contributed by atoms with Crippen LogP contribution in [0.5, 0.6) is 0 Å². The van der Waals surface area contributed by atoms with Crippen LogP contribution in [0.1, 0.15) is 11.1 Å². The molecule has 0 fully saturated rings. The second-order valence-corrected chi connectivity index (χ2v) is 8.33. The van der Waals surface area contributed by atoms with Gasteiger partial charge in [-0.1, -0.05) is 12.1 Å². The zero-order valence-corrected chi connectivity index (χ0v) is 18.4. The molecular weight excluding hydrogens is 443 g/mol. The van der Waals surface area contributed by atoms with Crippen molar-refractivity contribution in [1.82, 2.24) is 0 Å². The van der Waals surface area contributed by atoms with E-state index in [0.717, 1.165) is 24.3 Å². The van der Waals surface area contributed by atoms with Crippen molar-refractivity contribution in [2.24, 2.45) is 0 Å². The van der Waals surface area contributed by atoms with Crippen LogP contribution in [-0.2, 0) is 33.1 Å². The summed E-state index contributed by atoms with van der Waals surface area (Å²) in [5, 5.41) is 21.6. The third-order valence-electron chi connectivity index (χ3n) is 3.74. The standard InChI is InChI=1S/C14H12N2O10S2.Na/c17-15(18)11-5-3-9(13(7-11)27(21,22)23)1-2-10-4-6-12(16(19)20)8-14(10)28(24,25)26;/h3-8H,1-2H2,(H,21,22,23)(H,24,25,26);/q;+1. The summed E-state index contributed by atoms with van der Waals surface area (Å²) >= 11 is 0.